The molecule has 0 bridgehead atoms. The molecule has 3 aromatic rings. The number of piperidine rings is 1. The Hall–Kier alpha value is -3.57. The highest BCUT2D eigenvalue weighted by atomic mass is 16.2. The lowest BCUT2D eigenvalue weighted by Crippen LogP contribution is -2.36. The van der Waals surface area contributed by atoms with Crippen LogP contribution < -0.4 is 5.32 Å². The number of amides is 1. The molecule has 40 heavy (non-hydrogen) atoms. The summed E-state index contributed by atoms with van der Waals surface area (Å²) in [6, 6.07) is 11.9. The maximum absolute atomic E-state index is 13.5. The topological polar surface area (TPSA) is 115 Å². The Morgan fingerprint density at radius 3 is 2.73 bits per heavy atom. The number of Topliss-reactive ketones (excluding diaryl/α,β-unsaturated/α-hetero) is 1. The molecule has 0 radical (unpaired) electrons. The number of hydrogen-bond donors (Lipinski definition) is 2. The highest BCUT2D eigenvalue weighted by Crippen LogP contribution is 2.59. The van der Waals surface area contributed by atoms with Crippen molar-refractivity contribution in [1.82, 2.24) is 25.2 Å². The molecular weight excluding hydrogens is 500 g/mol. The number of pyridine rings is 1. The second-order valence-electron chi connectivity index (χ2n) is 11.8. The highest BCUT2D eigenvalue weighted by Gasteiger charge is 2.58. The number of likely N-dealkylation sites (tertiary alicyclic amines) is 1. The van der Waals surface area contributed by atoms with Gasteiger partial charge in [0.05, 0.1) is 17.3 Å². The fraction of sp³-hybridized carbons (Fsp3) is 0.531. The Balaban J connectivity index is 1.35. The molecule has 2 N–H and O–H groups in total. The number of aromatic nitrogens is 3. The molecule has 2 fully saturated rings. The normalized spacial score (nSPS) is 18.9. The number of aromatic amines is 1. The smallest absolute Gasteiger partial charge is 0.224 e. The fourth-order valence-corrected chi connectivity index (χ4v) is 6.16. The third-order valence-electron chi connectivity index (χ3n) is 8.94. The molecule has 1 spiro atoms. The van der Waals surface area contributed by atoms with Crippen molar-refractivity contribution < 1.29 is 9.59 Å². The van der Waals surface area contributed by atoms with Crippen molar-refractivity contribution in [3.05, 3.63) is 47.4 Å². The largest absolute Gasteiger partial charge is 0.347 e. The molecule has 1 aliphatic heterocycles. The van der Waals surface area contributed by atoms with E-state index in [0.717, 1.165) is 73.8 Å². The number of ketones is 1. The standard InChI is InChI=1S/C32H40N6O2/c1-4-24(39)8-6-5-7-9-27(36-31(40)25-19-32(25)14-16-38(3)17-15-32)29-28(20-33)35-30(37-29)23-12-13-26-22(18-23)11-10-21(2)34-26/h10-13,18,25,27H,4-9,14-17,19H2,1-3H3,(H,35,37)(H,36,40)/t25-,27+/m1/s1. The first-order chi connectivity index (χ1) is 19.3. The number of aryl methyl sites for hydroxylation is 1. The van der Waals surface area contributed by atoms with Crippen LogP contribution in [-0.4, -0.2) is 51.7 Å². The summed E-state index contributed by atoms with van der Waals surface area (Å²) in [5.41, 5.74) is 3.86. The summed E-state index contributed by atoms with van der Waals surface area (Å²) >= 11 is 0. The van der Waals surface area contributed by atoms with Crippen molar-refractivity contribution in [2.75, 3.05) is 20.1 Å². The average Bonchev–Trinajstić information content (AvgIpc) is 3.49. The lowest BCUT2D eigenvalue weighted by atomic mass is 9.90. The van der Waals surface area contributed by atoms with Crippen molar-refractivity contribution >= 4 is 22.6 Å². The Bertz CT molecular complexity index is 1430. The third-order valence-corrected chi connectivity index (χ3v) is 8.94. The van der Waals surface area contributed by atoms with Crippen LogP contribution in [0.1, 0.15) is 87.8 Å². The van der Waals surface area contributed by atoms with Gasteiger partial charge < -0.3 is 15.2 Å². The van der Waals surface area contributed by atoms with Gasteiger partial charge in [0.25, 0.3) is 0 Å². The van der Waals surface area contributed by atoms with Crippen LogP contribution in [0.3, 0.4) is 0 Å². The minimum Gasteiger partial charge on any atom is -0.347 e. The van der Waals surface area contributed by atoms with Crippen LogP contribution >= 0.6 is 0 Å². The van der Waals surface area contributed by atoms with Crippen LogP contribution in [0.4, 0.5) is 0 Å². The minimum atomic E-state index is -0.334. The number of fused-ring (bicyclic) bond motifs is 1. The van der Waals surface area contributed by atoms with E-state index in [1.54, 1.807) is 0 Å². The Kier molecular flexibility index (Phi) is 8.32. The zero-order chi connectivity index (χ0) is 28.3. The number of hydrogen-bond acceptors (Lipinski definition) is 6. The van der Waals surface area contributed by atoms with Crippen molar-refractivity contribution in [2.45, 2.75) is 77.7 Å². The summed E-state index contributed by atoms with van der Waals surface area (Å²) < 4.78 is 0. The third kappa shape index (κ3) is 6.10. The van der Waals surface area contributed by atoms with Crippen molar-refractivity contribution in [1.29, 1.82) is 5.26 Å². The number of nitrogens with zero attached hydrogens (tertiary/aromatic N) is 4. The van der Waals surface area contributed by atoms with Gasteiger partial charge in [-0.1, -0.05) is 25.8 Å². The molecule has 8 nitrogen and oxygen atoms in total. The first-order valence-electron chi connectivity index (χ1n) is 14.7. The van der Waals surface area contributed by atoms with Gasteiger partial charge in [0.1, 0.15) is 17.7 Å². The van der Waals surface area contributed by atoms with Gasteiger partial charge in [-0.15, -0.1) is 0 Å². The molecule has 1 saturated carbocycles. The molecule has 1 aliphatic carbocycles. The number of nitriles is 1. The molecule has 8 heteroatoms. The summed E-state index contributed by atoms with van der Waals surface area (Å²) in [7, 11) is 2.14. The summed E-state index contributed by atoms with van der Waals surface area (Å²) in [6.07, 6.45) is 7.52. The van der Waals surface area contributed by atoms with Gasteiger partial charge in [-0.2, -0.15) is 5.26 Å². The van der Waals surface area contributed by atoms with E-state index >= 15 is 0 Å². The SMILES string of the molecule is CCC(=O)CCCCC[C@H](NC(=O)[C@H]1CC12CCN(C)CC2)c1[nH]c(-c2ccc3nc(C)ccc3c2)nc1C#N. The number of carbonyl (C=O) groups is 2. The van der Waals surface area contributed by atoms with Crippen molar-refractivity contribution in [3.8, 4) is 17.5 Å². The number of rotatable bonds is 11. The van der Waals surface area contributed by atoms with E-state index in [9.17, 15) is 14.9 Å². The Labute approximate surface area is 236 Å². The second kappa shape index (κ2) is 11.9. The van der Waals surface area contributed by atoms with E-state index in [4.69, 9.17) is 0 Å². The van der Waals surface area contributed by atoms with Gasteiger partial charge in [-0.3, -0.25) is 14.6 Å². The molecule has 1 amide bonds. The first kappa shape index (κ1) is 28.0. The van der Waals surface area contributed by atoms with Crippen LogP contribution in [0.25, 0.3) is 22.3 Å². The van der Waals surface area contributed by atoms with E-state index < -0.39 is 0 Å². The van der Waals surface area contributed by atoms with E-state index in [1.165, 1.54) is 0 Å². The summed E-state index contributed by atoms with van der Waals surface area (Å²) in [5, 5.41) is 14.3. The van der Waals surface area contributed by atoms with Gasteiger partial charge >= 0.3 is 0 Å². The molecule has 0 unspecified atom stereocenters. The number of unbranched alkanes of at least 4 members (excludes halogenated alkanes) is 2. The van der Waals surface area contributed by atoms with Gasteiger partial charge in [0, 0.05) is 35.4 Å². The molecule has 5 rings (SSSR count). The van der Waals surface area contributed by atoms with E-state index in [2.05, 4.69) is 38.3 Å². The first-order valence-corrected chi connectivity index (χ1v) is 14.7. The summed E-state index contributed by atoms with van der Waals surface area (Å²) in [6.45, 7) is 5.94. The molecule has 210 valence electrons. The zero-order valence-corrected chi connectivity index (χ0v) is 23.9. The van der Waals surface area contributed by atoms with Crippen molar-refractivity contribution in [2.24, 2.45) is 11.3 Å². The van der Waals surface area contributed by atoms with Gasteiger partial charge in [-0.05, 0) is 88.8 Å². The second-order valence-corrected chi connectivity index (χ2v) is 11.8. The number of nitrogens with one attached hydrogen (secondary N) is 2. The monoisotopic (exact) mass is 540 g/mol. The number of imidazole rings is 1. The average molecular weight is 541 g/mol. The highest BCUT2D eigenvalue weighted by molar-refractivity contribution is 5.84. The fourth-order valence-electron chi connectivity index (χ4n) is 6.16. The zero-order valence-electron chi connectivity index (χ0n) is 23.9. The number of carbonyl (C=O) groups excluding carboxylic acids is 2. The van der Waals surface area contributed by atoms with Crippen LogP contribution in [-0.2, 0) is 9.59 Å². The number of H-pyrrole nitrogens is 1. The Morgan fingerprint density at radius 1 is 1.18 bits per heavy atom. The lowest BCUT2D eigenvalue weighted by molar-refractivity contribution is -0.124. The van der Waals surface area contributed by atoms with Gasteiger partial charge in [-0.25, -0.2) is 4.98 Å². The molecule has 3 heterocycles. The molecule has 1 aromatic carbocycles. The lowest BCUT2D eigenvalue weighted by Gasteiger charge is -2.30. The molecule has 2 aromatic heterocycles. The molecular formula is C32H40N6O2. The maximum Gasteiger partial charge on any atom is 0.224 e. The van der Waals surface area contributed by atoms with Crippen LogP contribution in [0.5, 0.6) is 0 Å². The number of benzene rings is 1. The van der Waals surface area contributed by atoms with Crippen LogP contribution in [0.2, 0.25) is 0 Å². The van der Waals surface area contributed by atoms with Crippen LogP contribution in [0, 0.1) is 29.6 Å². The Morgan fingerprint density at radius 2 is 1.98 bits per heavy atom. The van der Waals surface area contributed by atoms with Gasteiger partial charge in [0.2, 0.25) is 5.91 Å². The molecule has 1 saturated heterocycles. The summed E-state index contributed by atoms with van der Waals surface area (Å²) in [5.74, 6) is 1.02. The quantitative estimate of drug-likeness (QED) is 0.305. The summed E-state index contributed by atoms with van der Waals surface area (Å²) in [4.78, 5) is 40.2. The molecule has 2 atom stereocenters. The van der Waals surface area contributed by atoms with E-state index in [1.807, 2.05) is 44.2 Å². The predicted molar refractivity (Wildman–Crippen MR) is 155 cm³/mol. The van der Waals surface area contributed by atoms with Crippen LogP contribution in [0.15, 0.2) is 30.3 Å². The predicted octanol–water partition coefficient (Wildman–Crippen LogP) is 5.62. The van der Waals surface area contributed by atoms with E-state index in [-0.39, 0.29) is 29.1 Å². The minimum absolute atomic E-state index is 0.0373. The molecule has 2 aliphatic rings. The van der Waals surface area contributed by atoms with E-state index in [0.29, 0.717) is 36.5 Å². The van der Waals surface area contributed by atoms with Crippen molar-refractivity contribution in [3.63, 3.8) is 0 Å². The maximum atomic E-state index is 13.5. The van der Waals surface area contributed by atoms with Gasteiger partial charge in [0.15, 0.2) is 5.69 Å².